The second-order valence-corrected chi connectivity index (χ2v) is 7.07. The topological polar surface area (TPSA) is 67.6 Å². The number of ether oxygens (including phenoxy) is 1. The summed E-state index contributed by atoms with van der Waals surface area (Å²) in [6.07, 6.45) is 1.36. The van der Waals surface area contributed by atoms with E-state index in [1.54, 1.807) is 19.2 Å². The Bertz CT molecular complexity index is 956. The maximum Gasteiger partial charge on any atom is 0.273 e. The highest BCUT2D eigenvalue weighted by Crippen LogP contribution is 2.17. The van der Waals surface area contributed by atoms with Gasteiger partial charge in [0.15, 0.2) is 5.69 Å². The van der Waals surface area contributed by atoms with E-state index in [0.717, 1.165) is 5.56 Å². The van der Waals surface area contributed by atoms with Gasteiger partial charge in [0, 0.05) is 26.7 Å². The molecule has 1 aromatic heterocycles. The van der Waals surface area contributed by atoms with Gasteiger partial charge in [-0.1, -0.05) is 36.4 Å². The van der Waals surface area contributed by atoms with Crippen LogP contribution < -0.4 is 5.32 Å². The summed E-state index contributed by atoms with van der Waals surface area (Å²) < 4.78 is 23.7. The molecule has 0 atom stereocenters. The third-order valence-electron chi connectivity index (χ3n) is 4.71. The fourth-order valence-electron chi connectivity index (χ4n) is 3.08. The van der Waals surface area contributed by atoms with E-state index in [1.807, 2.05) is 12.1 Å². The van der Waals surface area contributed by atoms with E-state index >= 15 is 0 Å². The van der Waals surface area contributed by atoms with Gasteiger partial charge in [-0.15, -0.1) is 0 Å². The summed E-state index contributed by atoms with van der Waals surface area (Å²) >= 11 is 0. The zero-order valence-corrected chi connectivity index (χ0v) is 17.2. The lowest BCUT2D eigenvalue weighted by molar-refractivity contribution is 0.0932. The van der Waals surface area contributed by atoms with E-state index in [9.17, 15) is 9.18 Å². The van der Waals surface area contributed by atoms with E-state index < -0.39 is 0 Å². The first-order chi connectivity index (χ1) is 14.5. The zero-order chi connectivity index (χ0) is 21.3. The van der Waals surface area contributed by atoms with Gasteiger partial charge in [0.2, 0.25) is 5.89 Å². The Balaban J connectivity index is 1.72. The number of carbonyl (C=O) groups is 1. The molecule has 0 aliphatic carbocycles. The number of carbonyl (C=O) groups excluding carboxylic acids is 1. The van der Waals surface area contributed by atoms with Crippen LogP contribution in [0.4, 0.5) is 4.39 Å². The minimum Gasteiger partial charge on any atom is -0.447 e. The van der Waals surface area contributed by atoms with E-state index in [0.29, 0.717) is 38.7 Å². The largest absolute Gasteiger partial charge is 0.447 e. The molecule has 0 spiro atoms. The molecule has 30 heavy (non-hydrogen) atoms. The number of nitrogens with one attached hydrogen (secondary N) is 1. The van der Waals surface area contributed by atoms with Crippen molar-refractivity contribution in [3.05, 3.63) is 88.9 Å². The maximum atomic E-state index is 13.3. The first kappa shape index (κ1) is 21.7. The number of benzene rings is 2. The molecule has 7 heteroatoms. The Morgan fingerprint density at radius 2 is 1.90 bits per heavy atom. The van der Waals surface area contributed by atoms with Crippen molar-refractivity contribution in [2.24, 2.45) is 0 Å². The van der Waals surface area contributed by atoms with E-state index in [4.69, 9.17) is 9.15 Å². The first-order valence-corrected chi connectivity index (χ1v) is 9.78. The summed E-state index contributed by atoms with van der Waals surface area (Å²) in [5, 5.41) is 2.72. The molecule has 0 fully saturated rings. The predicted molar refractivity (Wildman–Crippen MR) is 111 cm³/mol. The van der Waals surface area contributed by atoms with E-state index in [2.05, 4.69) is 34.3 Å². The van der Waals surface area contributed by atoms with Crippen LogP contribution in [0.5, 0.6) is 0 Å². The second kappa shape index (κ2) is 10.7. The molecule has 3 rings (SSSR count). The van der Waals surface area contributed by atoms with Crippen molar-refractivity contribution in [3.63, 3.8) is 0 Å². The molecule has 6 nitrogen and oxygen atoms in total. The van der Waals surface area contributed by atoms with E-state index in [-0.39, 0.29) is 17.4 Å². The molecule has 3 aromatic rings. The SMILES string of the molecule is COCCNC(=O)c1coc(CN(Cc2ccc(F)cc2)Cc2ccccc2C)n1. The third-order valence-corrected chi connectivity index (χ3v) is 4.71. The van der Waals surface area contributed by atoms with Crippen LogP contribution in [0.1, 0.15) is 33.1 Å². The Kier molecular flexibility index (Phi) is 7.70. The maximum absolute atomic E-state index is 13.3. The standard InChI is InChI=1S/C23H26FN3O3/c1-17-5-3-4-6-19(17)14-27(13-18-7-9-20(24)10-8-18)15-22-26-21(16-30-22)23(28)25-11-12-29-2/h3-10,16H,11-15H2,1-2H3,(H,25,28). The zero-order valence-electron chi connectivity index (χ0n) is 17.2. The number of halogens is 1. The van der Waals surface area contributed by atoms with Gasteiger partial charge < -0.3 is 14.5 Å². The molecule has 158 valence electrons. The molecule has 0 unspecified atom stereocenters. The molecule has 0 bridgehead atoms. The molecule has 1 amide bonds. The first-order valence-electron chi connectivity index (χ1n) is 9.78. The van der Waals surface area contributed by atoms with Crippen molar-refractivity contribution >= 4 is 5.91 Å². The van der Waals surface area contributed by atoms with Crippen LogP contribution in [0.3, 0.4) is 0 Å². The fraction of sp³-hybridized carbons (Fsp3) is 0.304. The van der Waals surface area contributed by atoms with Gasteiger partial charge in [-0.3, -0.25) is 9.69 Å². The summed E-state index contributed by atoms with van der Waals surface area (Å²) in [5.41, 5.74) is 3.59. The summed E-state index contributed by atoms with van der Waals surface area (Å²) in [4.78, 5) is 18.6. The summed E-state index contributed by atoms with van der Waals surface area (Å²) in [6.45, 7) is 4.57. The number of amides is 1. The molecule has 2 aromatic carbocycles. The van der Waals surface area contributed by atoms with Crippen molar-refractivity contribution in [2.45, 2.75) is 26.6 Å². The molecule has 1 heterocycles. The minimum atomic E-state index is -0.300. The lowest BCUT2D eigenvalue weighted by Gasteiger charge is -2.22. The average Bonchev–Trinajstić information content (AvgIpc) is 3.20. The normalized spacial score (nSPS) is 11.1. The van der Waals surface area contributed by atoms with Gasteiger partial charge in [0.25, 0.3) is 5.91 Å². The Hall–Kier alpha value is -3.03. The van der Waals surface area contributed by atoms with Gasteiger partial charge in [-0.2, -0.15) is 0 Å². The number of hydrogen-bond donors (Lipinski definition) is 1. The summed E-state index contributed by atoms with van der Waals surface area (Å²) in [5.74, 6) is -0.116. The van der Waals surface area contributed by atoms with Crippen molar-refractivity contribution in [2.75, 3.05) is 20.3 Å². The average molecular weight is 411 g/mol. The van der Waals surface area contributed by atoms with Crippen LogP contribution in [0.2, 0.25) is 0 Å². The molecule has 1 N–H and O–H groups in total. The summed E-state index contributed by atoms with van der Waals surface area (Å²) in [7, 11) is 1.57. The van der Waals surface area contributed by atoms with Gasteiger partial charge in [-0.05, 0) is 35.7 Å². The number of aromatic nitrogens is 1. The van der Waals surface area contributed by atoms with Crippen LogP contribution in [-0.2, 0) is 24.4 Å². The Morgan fingerprint density at radius 3 is 2.63 bits per heavy atom. The fourth-order valence-corrected chi connectivity index (χ4v) is 3.08. The molecule has 0 saturated heterocycles. The molecule has 0 aliphatic heterocycles. The van der Waals surface area contributed by atoms with Gasteiger partial charge in [-0.25, -0.2) is 9.37 Å². The van der Waals surface area contributed by atoms with Gasteiger partial charge in [0.1, 0.15) is 12.1 Å². The number of hydrogen-bond acceptors (Lipinski definition) is 5. The van der Waals surface area contributed by atoms with Crippen molar-refractivity contribution in [3.8, 4) is 0 Å². The van der Waals surface area contributed by atoms with Gasteiger partial charge in [0.05, 0.1) is 13.2 Å². The molecule has 0 saturated carbocycles. The lowest BCUT2D eigenvalue weighted by atomic mass is 10.1. The molecular weight excluding hydrogens is 385 g/mol. The second-order valence-electron chi connectivity index (χ2n) is 7.07. The van der Waals surface area contributed by atoms with Crippen LogP contribution >= 0.6 is 0 Å². The lowest BCUT2D eigenvalue weighted by Crippen LogP contribution is -2.27. The quantitative estimate of drug-likeness (QED) is 0.515. The molecular formula is C23H26FN3O3. The summed E-state index contributed by atoms with van der Waals surface area (Å²) in [6, 6.07) is 14.6. The molecule has 0 aliphatic rings. The predicted octanol–water partition coefficient (Wildman–Crippen LogP) is 3.70. The van der Waals surface area contributed by atoms with E-state index in [1.165, 1.54) is 29.5 Å². The van der Waals surface area contributed by atoms with Crippen molar-refractivity contribution < 1.29 is 18.3 Å². The van der Waals surface area contributed by atoms with Crippen LogP contribution in [0.15, 0.2) is 59.2 Å². The highest BCUT2D eigenvalue weighted by atomic mass is 19.1. The highest BCUT2D eigenvalue weighted by molar-refractivity contribution is 5.91. The number of nitrogens with zero attached hydrogens (tertiary/aromatic N) is 2. The van der Waals surface area contributed by atoms with Gasteiger partial charge >= 0.3 is 0 Å². The smallest absolute Gasteiger partial charge is 0.273 e. The minimum absolute atomic E-state index is 0.235. The van der Waals surface area contributed by atoms with Crippen LogP contribution in [-0.4, -0.2) is 36.1 Å². The number of rotatable bonds is 10. The Labute approximate surface area is 175 Å². The monoisotopic (exact) mass is 411 g/mol. The van der Waals surface area contributed by atoms with Crippen LogP contribution in [0.25, 0.3) is 0 Å². The third kappa shape index (κ3) is 6.23. The van der Waals surface area contributed by atoms with Crippen LogP contribution in [0, 0.1) is 12.7 Å². The number of aryl methyl sites for hydroxylation is 1. The Morgan fingerprint density at radius 1 is 1.13 bits per heavy atom. The van der Waals surface area contributed by atoms with Crippen molar-refractivity contribution in [1.82, 2.24) is 15.2 Å². The number of oxazole rings is 1. The highest BCUT2D eigenvalue weighted by Gasteiger charge is 2.16. The number of methoxy groups -OCH3 is 1. The molecule has 0 radical (unpaired) electrons. The van der Waals surface area contributed by atoms with Crippen molar-refractivity contribution in [1.29, 1.82) is 0 Å².